The van der Waals surface area contributed by atoms with Crippen molar-refractivity contribution in [2.45, 2.75) is 22.6 Å². The Morgan fingerprint density at radius 1 is 1.24 bits per heavy atom. The zero-order valence-electron chi connectivity index (χ0n) is 9.07. The van der Waals surface area contributed by atoms with Crippen LogP contribution in [0.5, 0.6) is 0 Å². The fourth-order valence-corrected chi connectivity index (χ4v) is 3.88. The predicted molar refractivity (Wildman–Crippen MR) is 63.5 cm³/mol. The van der Waals surface area contributed by atoms with Gasteiger partial charge in [-0.1, -0.05) is 6.07 Å². The highest BCUT2D eigenvalue weighted by molar-refractivity contribution is 7.89. The summed E-state index contributed by atoms with van der Waals surface area (Å²) < 4.78 is 45.6. The van der Waals surface area contributed by atoms with Crippen LogP contribution in [0.15, 0.2) is 34.1 Å². The summed E-state index contributed by atoms with van der Waals surface area (Å²) in [6.07, 6.45) is 1.73. The van der Waals surface area contributed by atoms with Crippen LogP contribution in [0.3, 0.4) is 0 Å². The minimum atomic E-state index is -3.51. The van der Waals surface area contributed by atoms with Gasteiger partial charge in [-0.2, -0.15) is 4.31 Å². The summed E-state index contributed by atoms with van der Waals surface area (Å²) in [5.74, 6) is 0. The van der Waals surface area contributed by atoms with E-state index >= 15 is 0 Å². The van der Waals surface area contributed by atoms with E-state index in [0.29, 0.717) is 13.1 Å². The number of rotatable bonds is 3. The normalized spacial score (nSPS) is 19.4. The zero-order valence-corrected chi connectivity index (χ0v) is 10.7. The third-order valence-electron chi connectivity index (χ3n) is 2.71. The number of benzene rings is 1. The Hall–Kier alpha value is -0.760. The molecule has 0 spiro atoms. The molecule has 1 atom stereocenters. The van der Waals surface area contributed by atoms with Gasteiger partial charge in [0.05, 0.1) is 9.79 Å². The van der Waals surface area contributed by atoms with Gasteiger partial charge in [0.2, 0.25) is 10.0 Å². The Labute approximate surface area is 103 Å². The van der Waals surface area contributed by atoms with Crippen molar-refractivity contribution >= 4 is 21.1 Å². The second-order valence-electron chi connectivity index (χ2n) is 3.84. The lowest BCUT2D eigenvalue weighted by atomic mass is 10.4. The van der Waals surface area contributed by atoms with Gasteiger partial charge in [0, 0.05) is 13.1 Å². The van der Waals surface area contributed by atoms with E-state index in [1.165, 1.54) is 28.6 Å². The fourth-order valence-electron chi connectivity index (χ4n) is 1.82. The van der Waals surface area contributed by atoms with Crippen LogP contribution in [0.2, 0.25) is 0 Å². The lowest BCUT2D eigenvalue weighted by Crippen LogP contribution is -2.27. The van der Waals surface area contributed by atoms with Gasteiger partial charge in [-0.25, -0.2) is 12.6 Å². The molecule has 2 rings (SSSR count). The van der Waals surface area contributed by atoms with Crippen LogP contribution in [0.1, 0.15) is 12.8 Å². The molecular weight excluding hydrogens is 262 g/mol. The Bertz CT molecular complexity index is 535. The number of nitrogens with zero attached hydrogens (tertiary/aromatic N) is 1. The number of sulfonamides is 1. The standard InChI is InChI=1S/C10H13NO4S2/c12-16(13)9-4-3-5-10(8-9)17(14,15)11-6-1-2-7-11/h3-5,8H,1-2,6-7H2,(H,12,13). The first-order valence-corrected chi connectivity index (χ1v) is 7.77. The van der Waals surface area contributed by atoms with Gasteiger partial charge in [0.1, 0.15) is 0 Å². The molecule has 5 nitrogen and oxygen atoms in total. The van der Waals surface area contributed by atoms with Crippen molar-refractivity contribution < 1.29 is 17.2 Å². The Balaban J connectivity index is 2.39. The second-order valence-corrected chi connectivity index (χ2v) is 6.74. The molecule has 0 bridgehead atoms. The molecule has 0 aromatic heterocycles. The van der Waals surface area contributed by atoms with Crippen molar-refractivity contribution in [1.29, 1.82) is 0 Å². The molecule has 1 saturated heterocycles. The van der Waals surface area contributed by atoms with E-state index in [2.05, 4.69) is 0 Å². The summed E-state index contributed by atoms with van der Waals surface area (Å²) in [5.41, 5.74) is 0. The highest BCUT2D eigenvalue weighted by Crippen LogP contribution is 2.22. The van der Waals surface area contributed by atoms with Gasteiger partial charge in [-0.3, -0.25) is 0 Å². The van der Waals surface area contributed by atoms with Crippen molar-refractivity contribution in [2.24, 2.45) is 0 Å². The van der Waals surface area contributed by atoms with Crippen molar-refractivity contribution in [2.75, 3.05) is 13.1 Å². The van der Waals surface area contributed by atoms with Crippen LogP contribution < -0.4 is 0 Å². The second kappa shape index (κ2) is 4.85. The lowest BCUT2D eigenvalue weighted by Gasteiger charge is -2.15. The van der Waals surface area contributed by atoms with Crippen molar-refractivity contribution in [3.8, 4) is 0 Å². The third-order valence-corrected chi connectivity index (χ3v) is 5.26. The quantitative estimate of drug-likeness (QED) is 0.837. The first-order valence-electron chi connectivity index (χ1n) is 5.23. The third kappa shape index (κ3) is 2.57. The SMILES string of the molecule is O=S(O)c1cccc(S(=O)(=O)N2CCCC2)c1. The molecule has 0 saturated carbocycles. The molecule has 7 heteroatoms. The van der Waals surface area contributed by atoms with Crippen LogP contribution in [0.4, 0.5) is 0 Å². The minimum Gasteiger partial charge on any atom is -0.302 e. The molecule has 1 fully saturated rings. The number of hydrogen-bond acceptors (Lipinski definition) is 3. The van der Waals surface area contributed by atoms with Gasteiger partial charge < -0.3 is 4.55 Å². The summed E-state index contributed by atoms with van der Waals surface area (Å²) in [6, 6.07) is 5.61. The van der Waals surface area contributed by atoms with Gasteiger partial charge in [-0.15, -0.1) is 0 Å². The van der Waals surface area contributed by atoms with Crippen LogP contribution in [0, 0.1) is 0 Å². The molecule has 1 aliphatic heterocycles. The average molecular weight is 275 g/mol. The Morgan fingerprint density at radius 2 is 1.88 bits per heavy atom. The molecule has 17 heavy (non-hydrogen) atoms. The Morgan fingerprint density at radius 3 is 2.47 bits per heavy atom. The average Bonchev–Trinajstić information content (AvgIpc) is 2.83. The van der Waals surface area contributed by atoms with Crippen molar-refractivity contribution in [1.82, 2.24) is 4.31 Å². The van der Waals surface area contributed by atoms with E-state index in [0.717, 1.165) is 12.8 Å². The fraction of sp³-hybridized carbons (Fsp3) is 0.400. The summed E-state index contributed by atoms with van der Waals surface area (Å²) in [6.45, 7) is 1.05. The maximum Gasteiger partial charge on any atom is 0.243 e. The van der Waals surface area contributed by atoms with Crippen molar-refractivity contribution in [3.05, 3.63) is 24.3 Å². The maximum absolute atomic E-state index is 12.2. The molecule has 1 aromatic rings. The van der Waals surface area contributed by atoms with E-state index in [1.807, 2.05) is 0 Å². The van der Waals surface area contributed by atoms with E-state index in [9.17, 15) is 12.6 Å². The van der Waals surface area contributed by atoms with Gasteiger partial charge in [0.15, 0.2) is 11.1 Å². The molecule has 94 valence electrons. The summed E-state index contributed by atoms with van der Waals surface area (Å²) in [7, 11) is -3.51. The van der Waals surface area contributed by atoms with E-state index in [4.69, 9.17) is 4.55 Å². The highest BCUT2D eigenvalue weighted by atomic mass is 32.2. The lowest BCUT2D eigenvalue weighted by molar-refractivity contribution is 0.477. The Kier molecular flexibility index (Phi) is 3.62. The van der Waals surface area contributed by atoms with Gasteiger partial charge in [0.25, 0.3) is 0 Å². The molecule has 0 aliphatic carbocycles. The first kappa shape index (κ1) is 12.7. The molecule has 1 aromatic carbocycles. The van der Waals surface area contributed by atoms with Gasteiger partial charge in [-0.05, 0) is 31.0 Å². The molecule has 0 radical (unpaired) electrons. The first-order chi connectivity index (χ1) is 8.01. The maximum atomic E-state index is 12.2. The molecular formula is C10H13NO4S2. The largest absolute Gasteiger partial charge is 0.302 e. The monoisotopic (exact) mass is 275 g/mol. The highest BCUT2D eigenvalue weighted by Gasteiger charge is 2.27. The molecule has 0 amide bonds. The minimum absolute atomic E-state index is 0.0827. The summed E-state index contributed by atoms with van der Waals surface area (Å²) in [4.78, 5) is 0.185. The molecule has 1 N–H and O–H groups in total. The van der Waals surface area contributed by atoms with Gasteiger partial charge >= 0.3 is 0 Å². The molecule has 1 unspecified atom stereocenters. The van der Waals surface area contributed by atoms with E-state index in [1.54, 1.807) is 0 Å². The van der Waals surface area contributed by atoms with Crippen molar-refractivity contribution in [3.63, 3.8) is 0 Å². The number of hydrogen-bond donors (Lipinski definition) is 1. The van der Waals surface area contributed by atoms with E-state index < -0.39 is 21.1 Å². The summed E-state index contributed by atoms with van der Waals surface area (Å²) in [5, 5.41) is 0. The van der Waals surface area contributed by atoms with E-state index in [-0.39, 0.29) is 9.79 Å². The topological polar surface area (TPSA) is 74.7 Å². The van der Waals surface area contributed by atoms with Crippen LogP contribution >= 0.6 is 0 Å². The van der Waals surface area contributed by atoms with Crippen LogP contribution in [-0.4, -0.2) is 34.6 Å². The van der Waals surface area contributed by atoms with Crippen LogP contribution in [-0.2, 0) is 21.1 Å². The zero-order chi connectivity index (χ0) is 12.5. The molecule has 1 heterocycles. The smallest absolute Gasteiger partial charge is 0.243 e. The summed E-state index contributed by atoms with van der Waals surface area (Å²) >= 11 is -2.16. The predicted octanol–water partition coefficient (Wildman–Crippen LogP) is 1.05. The molecule has 1 aliphatic rings. The van der Waals surface area contributed by atoms with Crippen LogP contribution in [0.25, 0.3) is 0 Å².